The van der Waals surface area contributed by atoms with E-state index in [-0.39, 0.29) is 5.75 Å². The molecule has 0 aliphatic heterocycles. The van der Waals surface area contributed by atoms with E-state index in [1.165, 1.54) is 11.8 Å². The van der Waals surface area contributed by atoms with Gasteiger partial charge >= 0.3 is 0 Å². The summed E-state index contributed by atoms with van der Waals surface area (Å²) < 4.78 is 23.7. The molecule has 0 aliphatic rings. The van der Waals surface area contributed by atoms with Gasteiger partial charge in [0.2, 0.25) is 0 Å². The van der Waals surface area contributed by atoms with E-state index >= 15 is 0 Å². The van der Waals surface area contributed by atoms with Gasteiger partial charge < -0.3 is 9.88 Å². The van der Waals surface area contributed by atoms with E-state index in [0.717, 1.165) is 13.1 Å². The van der Waals surface area contributed by atoms with Crippen molar-refractivity contribution in [2.45, 2.75) is 13.0 Å². The molecule has 1 rings (SSSR count). The molecule has 4 nitrogen and oxygen atoms in total. The molecule has 15 heavy (non-hydrogen) atoms. The minimum atomic E-state index is -2.81. The summed E-state index contributed by atoms with van der Waals surface area (Å²) in [6.07, 6.45) is 5.98. The first kappa shape index (κ1) is 12.3. The van der Waals surface area contributed by atoms with Gasteiger partial charge in [-0.15, -0.1) is 0 Å². The third-order valence-corrected chi connectivity index (χ3v) is 3.12. The van der Waals surface area contributed by atoms with Crippen LogP contribution in [0.5, 0.6) is 0 Å². The summed E-state index contributed by atoms with van der Waals surface area (Å²) in [6.45, 7) is 1.53. The normalized spacial score (nSPS) is 11.9. The summed E-state index contributed by atoms with van der Waals surface area (Å²) in [4.78, 5) is 0. The van der Waals surface area contributed by atoms with Crippen LogP contribution in [0.3, 0.4) is 0 Å². The van der Waals surface area contributed by atoms with Gasteiger partial charge in [-0.05, 0) is 24.6 Å². The lowest BCUT2D eigenvalue weighted by Gasteiger charge is -2.02. The molecule has 0 unspecified atom stereocenters. The zero-order valence-corrected chi connectivity index (χ0v) is 10.0. The fraction of sp³-hybridized carbons (Fsp3) is 0.600. The number of hydrogen-bond acceptors (Lipinski definition) is 3. The summed E-state index contributed by atoms with van der Waals surface area (Å²) in [5, 5.41) is 3.21. The van der Waals surface area contributed by atoms with E-state index < -0.39 is 9.84 Å². The molecule has 0 radical (unpaired) electrons. The Morgan fingerprint density at radius 3 is 2.73 bits per heavy atom. The Morgan fingerprint density at radius 1 is 1.47 bits per heavy atom. The van der Waals surface area contributed by atoms with E-state index in [9.17, 15) is 8.42 Å². The van der Waals surface area contributed by atoms with Crippen LogP contribution >= 0.6 is 0 Å². The molecule has 1 N–H and O–H groups in total. The Hall–Kier alpha value is -0.810. The Labute approximate surface area is 91.2 Å². The Balaban J connectivity index is 2.12. The van der Waals surface area contributed by atoms with Crippen molar-refractivity contribution in [3.63, 3.8) is 0 Å². The van der Waals surface area contributed by atoms with Crippen LogP contribution in [-0.4, -0.2) is 31.5 Å². The molecular weight excluding hydrogens is 212 g/mol. The highest BCUT2D eigenvalue weighted by Gasteiger charge is 2.00. The third-order valence-electron chi connectivity index (χ3n) is 2.09. The van der Waals surface area contributed by atoms with Crippen molar-refractivity contribution >= 4 is 9.84 Å². The van der Waals surface area contributed by atoms with Crippen LogP contribution in [0.4, 0.5) is 0 Å². The topological polar surface area (TPSA) is 51.1 Å². The van der Waals surface area contributed by atoms with Gasteiger partial charge in [0.15, 0.2) is 0 Å². The van der Waals surface area contributed by atoms with E-state index in [1.807, 2.05) is 30.1 Å². The average molecular weight is 230 g/mol. The molecule has 0 aliphatic carbocycles. The number of rotatable bonds is 6. The highest BCUT2D eigenvalue weighted by molar-refractivity contribution is 7.90. The summed E-state index contributed by atoms with van der Waals surface area (Å²) >= 11 is 0. The number of hydrogen-bond donors (Lipinski definition) is 1. The largest absolute Gasteiger partial charge is 0.357 e. The van der Waals surface area contributed by atoms with Crippen LogP contribution in [-0.2, 0) is 23.4 Å². The summed E-state index contributed by atoms with van der Waals surface area (Å²) in [7, 11) is -0.830. The Bertz CT molecular complexity index is 395. The molecule has 0 amide bonds. The molecule has 0 bridgehead atoms. The third kappa shape index (κ3) is 5.59. The quantitative estimate of drug-likeness (QED) is 0.726. The van der Waals surface area contributed by atoms with Crippen LogP contribution in [0.2, 0.25) is 0 Å². The van der Waals surface area contributed by atoms with Gasteiger partial charge in [0.1, 0.15) is 9.84 Å². The van der Waals surface area contributed by atoms with E-state index in [1.54, 1.807) is 0 Å². The molecule has 5 heteroatoms. The maximum absolute atomic E-state index is 10.8. The van der Waals surface area contributed by atoms with E-state index in [4.69, 9.17) is 0 Å². The lowest BCUT2D eigenvalue weighted by atomic mass is 10.3. The number of aromatic nitrogens is 1. The second-order valence-electron chi connectivity index (χ2n) is 3.85. The fourth-order valence-corrected chi connectivity index (χ4v) is 2.03. The van der Waals surface area contributed by atoms with Gasteiger partial charge in [0, 0.05) is 32.2 Å². The van der Waals surface area contributed by atoms with Crippen molar-refractivity contribution in [3.05, 3.63) is 24.0 Å². The summed E-state index contributed by atoms with van der Waals surface area (Å²) in [5.41, 5.74) is 1.22. The van der Waals surface area contributed by atoms with Crippen LogP contribution < -0.4 is 5.32 Å². The first-order valence-electron chi connectivity index (χ1n) is 4.97. The van der Waals surface area contributed by atoms with Crippen molar-refractivity contribution in [2.75, 3.05) is 18.6 Å². The lowest BCUT2D eigenvalue weighted by molar-refractivity contribution is 0.594. The second kappa shape index (κ2) is 5.32. The zero-order valence-electron chi connectivity index (χ0n) is 9.23. The van der Waals surface area contributed by atoms with Gasteiger partial charge in [-0.2, -0.15) is 0 Å². The summed E-state index contributed by atoms with van der Waals surface area (Å²) in [5.74, 6) is 0.259. The van der Waals surface area contributed by atoms with E-state index in [2.05, 4.69) is 5.32 Å². The van der Waals surface area contributed by atoms with Crippen LogP contribution in [0.1, 0.15) is 12.0 Å². The molecule has 0 atom stereocenters. The minimum Gasteiger partial charge on any atom is -0.357 e. The Morgan fingerprint density at radius 2 is 2.20 bits per heavy atom. The molecule has 0 saturated carbocycles. The molecule has 1 aromatic rings. The maximum Gasteiger partial charge on any atom is 0.147 e. The zero-order chi connectivity index (χ0) is 11.3. The van der Waals surface area contributed by atoms with Crippen molar-refractivity contribution in [1.29, 1.82) is 0 Å². The smallest absolute Gasteiger partial charge is 0.147 e. The number of sulfone groups is 1. The highest BCUT2D eigenvalue weighted by atomic mass is 32.2. The van der Waals surface area contributed by atoms with Gasteiger partial charge in [-0.1, -0.05) is 0 Å². The predicted molar refractivity (Wildman–Crippen MR) is 61.4 cm³/mol. The van der Waals surface area contributed by atoms with Gasteiger partial charge in [-0.25, -0.2) is 8.42 Å². The van der Waals surface area contributed by atoms with E-state index in [0.29, 0.717) is 6.42 Å². The minimum absolute atomic E-state index is 0.259. The highest BCUT2D eigenvalue weighted by Crippen LogP contribution is 1.98. The molecule has 1 heterocycles. The lowest BCUT2D eigenvalue weighted by Crippen LogP contribution is -2.17. The van der Waals surface area contributed by atoms with Gasteiger partial charge in [0.05, 0.1) is 5.75 Å². The monoisotopic (exact) mass is 230 g/mol. The molecule has 0 saturated heterocycles. The van der Waals surface area contributed by atoms with Gasteiger partial charge in [-0.3, -0.25) is 0 Å². The van der Waals surface area contributed by atoms with Crippen molar-refractivity contribution in [3.8, 4) is 0 Å². The standard InChI is InChI=1S/C10H18N2O2S/c1-12-6-4-10(9-12)8-11-5-3-7-15(2,13)14/h4,6,9,11H,3,5,7-8H2,1-2H3. The van der Waals surface area contributed by atoms with Crippen molar-refractivity contribution < 1.29 is 8.42 Å². The summed E-state index contributed by atoms with van der Waals surface area (Å²) in [6, 6.07) is 2.05. The molecular formula is C10H18N2O2S. The molecule has 86 valence electrons. The molecule has 0 spiro atoms. The predicted octanol–water partition coefficient (Wildman–Crippen LogP) is 0.549. The SMILES string of the molecule is Cn1ccc(CNCCCS(C)(=O)=O)c1. The van der Waals surface area contributed by atoms with Crippen LogP contribution in [0, 0.1) is 0 Å². The number of aryl methyl sites for hydroxylation is 1. The molecule has 0 fully saturated rings. The molecule has 1 aromatic heterocycles. The first-order valence-corrected chi connectivity index (χ1v) is 7.03. The van der Waals surface area contributed by atoms with Gasteiger partial charge in [0.25, 0.3) is 0 Å². The van der Waals surface area contributed by atoms with Crippen molar-refractivity contribution in [1.82, 2.24) is 9.88 Å². The maximum atomic E-state index is 10.8. The fourth-order valence-electron chi connectivity index (χ4n) is 1.36. The second-order valence-corrected chi connectivity index (χ2v) is 6.11. The first-order chi connectivity index (χ1) is 6.97. The van der Waals surface area contributed by atoms with Crippen LogP contribution in [0.25, 0.3) is 0 Å². The number of nitrogens with zero attached hydrogens (tertiary/aromatic N) is 1. The Kier molecular flexibility index (Phi) is 4.35. The molecule has 0 aromatic carbocycles. The van der Waals surface area contributed by atoms with Crippen LogP contribution in [0.15, 0.2) is 18.5 Å². The average Bonchev–Trinajstić information content (AvgIpc) is 2.49. The van der Waals surface area contributed by atoms with Crippen molar-refractivity contribution in [2.24, 2.45) is 7.05 Å². The number of nitrogens with one attached hydrogen (secondary N) is 1.